The van der Waals surface area contributed by atoms with E-state index in [0.717, 1.165) is 5.69 Å². The summed E-state index contributed by atoms with van der Waals surface area (Å²) in [4.78, 5) is 14.5. The maximum atomic E-state index is 11.9. The number of hydrogen-bond donors (Lipinski definition) is 3. The van der Waals surface area contributed by atoms with Crippen LogP contribution >= 0.6 is 0 Å². The van der Waals surface area contributed by atoms with Gasteiger partial charge >= 0.3 is 0 Å². The SMILES string of the molecule is C=[N+](N)c1cc[nH]c(=O)c1CNc1ccc(C)c(C)c1. The summed E-state index contributed by atoms with van der Waals surface area (Å²) < 4.78 is 1.20. The minimum atomic E-state index is -0.169. The predicted molar refractivity (Wildman–Crippen MR) is 81.5 cm³/mol. The largest absolute Gasteiger partial charge is 0.380 e. The van der Waals surface area contributed by atoms with Crippen LogP contribution in [-0.2, 0) is 6.54 Å². The van der Waals surface area contributed by atoms with Gasteiger partial charge in [0.1, 0.15) is 5.56 Å². The predicted octanol–water partition coefficient (Wildman–Crippen LogP) is 1.82. The van der Waals surface area contributed by atoms with E-state index in [1.165, 1.54) is 15.8 Å². The van der Waals surface area contributed by atoms with Gasteiger partial charge in [-0.15, -0.1) is 0 Å². The van der Waals surface area contributed by atoms with Crippen LogP contribution in [0, 0.1) is 13.8 Å². The molecule has 0 aliphatic carbocycles. The quantitative estimate of drug-likeness (QED) is 0.344. The van der Waals surface area contributed by atoms with E-state index in [1.807, 2.05) is 12.1 Å². The lowest BCUT2D eigenvalue weighted by atomic mass is 10.1. The molecule has 0 unspecified atom stereocenters. The monoisotopic (exact) mass is 271 g/mol. The van der Waals surface area contributed by atoms with Crippen LogP contribution in [0.15, 0.2) is 35.3 Å². The second-order valence-electron chi connectivity index (χ2n) is 4.79. The summed E-state index contributed by atoms with van der Waals surface area (Å²) in [5.74, 6) is 5.64. The Morgan fingerprint density at radius 2 is 2.05 bits per heavy atom. The second-order valence-corrected chi connectivity index (χ2v) is 4.79. The molecule has 2 aromatic rings. The lowest BCUT2D eigenvalue weighted by molar-refractivity contribution is -0.443. The molecule has 0 spiro atoms. The Morgan fingerprint density at radius 1 is 1.30 bits per heavy atom. The molecular weight excluding hydrogens is 252 g/mol. The highest BCUT2D eigenvalue weighted by Gasteiger charge is 2.14. The summed E-state index contributed by atoms with van der Waals surface area (Å²) in [7, 11) is 0. The van der Waals surface area contributed by atoms with Gasteiger partial charge in [-0.3, -0.25) is 4.79 Å². The number of hydrogen-bond acceptors (Lipinski definition) is 3. The van der Waals surface area contributed by atoms with Crippen molar-refractivity contribution in [2.75, 3.05) is 5.32 Å². The first kappa shape index (κ1) is 13.9. The van der Waals surface area contributed by atoms with Crippen molar-refractivity contribution in [2.24, 2.45) is 5.84 Å². The van der Waals surface area contributed by atoms with E-state index in [4.69, 9.17) is 5.84 Å². The van der Waals surface area contributed by atoms with Crippen LogP contribution in [-0.4, -0.2) is 16.4 Å². The van der Waals surface area contributed by atoms with Crippen molar-refractivity contribution in [3.63, 3.8) is 0 Å². The van der Waals surface area contributed by atoms with Crippen LogP contribution in [0.1, 0.15) is 16.7 Å². The van der Waals surface area contributed by atoms with E-state index in [1.54, 1.807) is 12.3 Å². The van der Waals surface area contributed by atoms with Gasteiger partial charge in [0.15, 0.2) is 6.72 Å². The molecule has 0 aliphatic heterocycles. The summed E-state index contributed by atoms with van der Waals surface area (Å²) in [5, 5.41) is 3.24. The molecule has 2 rings (SSSR count). The van der Waals surface area contributed by atoms with Gasteiger partial charge in [-0.2, -0.15) is 0 Å². The molecule has 1 aromatic carbocycles. The summed E-state index contributed by atoms with van der Waals surface area (Å²) in [5.41, 5.74) is 4.40. The number of nitrogens with two attached hydrogens (primary N) is 1. The summed E-state index contributed by atoms with van der Waals surface area (Å²) in [6.45, 7) is 8.13. The minimum Gasteiger partial charge on any atom is -0.380 e. The van der Waals surface area contributed by atoms with E-state index >= 15 is 0 Å². The third-order valence-corrected chi connectivity index (χ3v) is 3.32. The van der Waals surface area contributed by atoms with Gasteiger partial charge in [0.2, 0.25) is 5.69 Å². The summed E-state index contributed by atoms with van der Waals surface area (Å²) in [6, 6.07) is 7.82. The minimum absolute atomic E-state index is 0.169. The molecule has 0 fully saturated rings. The highest BCUT2D eigenvalue weighted by Crippen LogP contribution is 2.17. The summed E-state index contributed by atoms with van der Waals surface area (Å²) in [6.07, 6.45) is 1.56. The molecule has 0 bridgehead atoms. The van der Waals surface area contributed by atoms with Gasteiger partial charge in [-0.05, 0) is 37.1 Å². The maximum Gasteiger partial charge on any atom is 0.259 e. The number of aromatic nitrogens is 1. The van der Waals surface area contributed by atoms with Crippen LogP contribution in [0.25, 0.3) is 0 Å². The molecule has 4 N–H and O–H groups in total. The molecule has 0 aliphatic rings. The van der Waals surface area contributed by atoms with Gasteiger partial charge in [0, 0.05) is 18.0 Å². The fraction of sp³-hybridized carbons (Fsp3) is 0.200. The number of hydrazine groups is 1. The number of rotatable bonds is 4. The molecule has 0 saturated heterocycles. The Labute approximate surface area is 117 Å². The Morgan fingerprint density at radius 3 is 2.70 bits per heavy atom. The summed E-state index contributed by atoms with van der Waals surface area (Å²) >= 11 is 0. The van der Waals surface area contributed by atoms with E-state index in [0.29, 0.717) is 17.8 Å². The molecule has 0 amide bonds. The zero-order valence-electron chi connectivity index (χ0n) is 11.7. The molecule has 1 heterocycles. The van der Waals surface area contributed by atoms with Crippen molar-refractivity contribution in [3.8, 4) is 0 Å². The molecule has 104 valence electrons. The first-order valence-corrected chi connectivity index (χ1v) is 6.36. The fourth-order valence-electron chi connectivity index (χ4n) is 1.98. The van der Waals surface area contributed by atoms with Gasteiger partial charge in [0.25, 0.3) is 5.56 Å². The van der Waals surface area contributed by atoms with Crippen molar-refractivity contribution in [1.82, 2.24) is 4.98 Å². The van der Waals surface area contributed by atoms with E-state index in [2.05, 4.69) is 36.9 Å². The first-order valence-electron chi connectivity index (χ1n) is 6.36. The zero-order chi connectivity index (χ0) is 14.7. The average Bonchev–Trinajstić information content (AvgIpc) is 2.40. The zero-order valence-corrected chi connectivity index (χ0v) is 11.7. The van der Waals surface area contributed by atoms with Crippen LogP contribution < -0.4 is 16.7 Å². The topological polar surface area (TPSA) is 73.9 Å². The number of aromatic amines is 1. The Balaban J connectivity index is 2.25. The smallest absolute Gasteiger partial charge is 0.259 e. The van der Waals surface area contributed by atoms with E-state index in [-0.39, 0.29) is 5.56 Å². The Kier molecular flexibility index (Phi) is 3.89. The number of pyridine rings is 1. The highest BCUT2D eigenvalue weighted by molar-refractivity contribution is 5.50. The maximum absolute atomic E-state index is 11.9. The lowest BCUT2D eigenvalue weighted by Gasteiger charge is -2.09. The Hall–Kier alpha value is -2.56. The number of aryl methyl sites for hydroxylation is 2. The molecule has 5 nitrogen and oxygen atoms in total. The Bertz CT molecular complexity index is 703. The highest BCUT2D eigenvalue weighted by atomic mass is 16.1. The normalized spacial score (nSPS) is 10.3. The molecule has 5 heteroatoms. The van der Waals surface area contributed by atoms with Crippen LogP contribution in [0.5, 0.6) is 0 Å². The molecule has 0 atom stereocenters. The molecule has 20 heavy (non-hydrogen) atoms. The van der Waals surface area contributed by atoms with Gasteiger partial charge < -0.3 is 10.3 Å². The molecular formula is C15H19N4O+. The van der Waals surface area contributed by atoms with E-state index < -0.39 is 0 Å². The average molecular weight is 271 g/mol. The van der Waals surface area contributed by atoms with Gasteiger partial charge in [-0.1, -0.05) is 10.8 Å². The standard InChI is InChI=1S/C15H18N4O/c1-10-4-5-12(8-11(10)2)18-9-13-14(19(3)16)6-7-17-15(13)20/h4-8,18H,3,9,16H2,1-2H3/p+1. The van der Waals surface area contributed by atoms with Crippen LogP contribution in [0.2, 0.25) is 0 Å². The van der Waals surface area contributed by atoms with Crippen molar-refractivity contribution < 1.29 is 4.68 Å². The van der Waals surface area contributed by atoms with Crippen molar-refractivity contribution in [1.29, 1.82) is 0 Å². The van der Waals surface area contributed by atoms with E-state index in [9.17, 15) is 4.79 Å². The third-order valence-electron chi connectivity index (χ3n) is 3.32. The number of anilines is 1. The number of H-pyrrole nitrogens is 1. The van der Waals surface area contributed by atoms with Crippen molar-refractivity contribution in [3.05, 3.63) is 57.5 Å². The number of hydrazone groups is 1. The lowest BCUT2D eigenvalue weighted by Crippen LogP contribution is -2.21. The number of nitrogens with one attached hydrogen (secondary N) is 2. The first-order chi connectivity index (χ1) is 9.49. The molecule has 1 aromatic heterocycles. The van der Waals surface area contributed by atoms with Gasteiger partial charge in [0.05, 0.1) is 6.54 Å². The number of nitrogens with zero attached hydrogens (tertiary/aromatic N) is 1. The van der Waals surface area contributed by atoms with Crippen LogP contribution in [0.3, 0.4) is 0 Å². The molecule has 0 radical (unpaired) electrons. The van der Waals surface area contributed by atoms with Crippen molar-refractivity contribution >= 4 is 18.1 Å². The fourth-order valence-corrected chi connectivity index (χ4v) is 1.98. The van der Waals surface area contributed by atoms with Crippen molar-refractivity contribution in [2.45, 2.75) is 20.4 Å². The van der Waals surface area contributed by atoms with Gasteiger partial charge in [-0.25, -0.2) is 5.84 Å². The number of benzene rings is 1. The third kappa shape index (κ3) is 2.88. The second kappa shape index (κ2) is 5.61. The van der Waals surface area contributed by atoms with Crippen LogP contribution in [0.4, 0.5) is 11.4 Å². The molecule has 0 saturated carbocycles.